The van der Waals surface area contributed by atoms with Crippen LogP contribution in [0.15, 0.2) is 12.2 Å². The molecule has 0 aromatic carbocycles. The van der Waals surface area contributed by atoms with Crippen molar-refractivity contribution in [3.05, 3.63) is 12.2 Å². The van der Waals surface area contributed by atoms with Gasteiger partial charge < -0.3 is 39.4 Å². The molecule has 1 rings (SSSR count). The van der Waals surface area contributed by atoms with Crippen molar-refractivity contribution in [3.8, 4) is 0 Å². The first-order chi connectivity index (χ1) is 29.4. The highest BCUT2D eigenvalue weighted by molar-refractivity contribution is 5.69. The van der Waals surface area contributed by atoms with Crippen LogP contribution in [0.3, 0.4) is 0 Å². The minimum atomic E-state index is -1.53. The Morgan fingerprint density at radius 1 is 0.517 bits per heavy atom. The molecular weight excluding hydrogens is 757 g/mol. The van der Waals surface area contributed by atoms with Crippen molar-refractivity contribution in [2.24, 2.45) is 0 Å². The maximum absolute atomic E-state index is 12.8. The summed E-state index contributed by atoms with van der Waals surface area (Å²) in [5.41, 5.74) is 0. The molecule has 9 heteroatoms. The number of allylic oxidation sites excluding steroid dienone is 2. The van der Waals surface area contributed by atoms with Crippen molar-refractivity contribution in [3.63, 3.8) is 0 Å². The molecule has 1 aliphatic rings. The van der Waals surface area contributed by atoms with Gasteiger partial charge in [-0.1, -0.05) is 212 Å². The lowest BCUT2D eigenvalue weighted by atomic mass is 9.99. The summed E-state index contributed by atoms with van der Waals surface area (Å²) >= 11 is 0. The summed E-state index contributed by atoms with van der Waals surface area (Å²) in [7, 11) is 0. The molecule has 9 nitrogen and oxygen atoms in total. The van der Waals surface area contributed by atoms with Crippen molar-refractivity contribution >= 4 is 5.97 Å². The van der Waals surface area contributed by atoms with E-state index in [1.807, 2.05) is 0 Å². The SMILES string of the molecule is CCCCCCCCCC/C=C\CCCCCCCCCCCCOCC(COC1OC(CO)C(O)C(O)C1O)OC(=O)CCCCCCCCCCCCCCCCC. The maximum atomic E-state index is 12.8. The van der Waals surface area contributed by atoms with Crippen molar-refractivity contribution in [1.82, 2.24) is 0 Å². The molecule has 0 spiro atoms. The number of aliphatic hydroxyl groups is 4. The normalized spacial score (nSPS) is 20.0. The lowest BCUT2D eigenvalue weighted by Gasteiger charge is -2.39. The van der Waals surface area contributed by atoms with Crippen LogP contribution in [0.2, 0.25) is 0 Å². The average molecular weight is 855 g/mol. The smallest absolute Gasteiger partial charge is 0.306 e. The van der Waals surface area contributed by atoms with E-state index in [0.29, 0.717) is 13.0 Å². The van der Waals surface area contributed by atoms with Gasteiger partial charge in [0.25, 0.3) is 0 Å². The Balaban J connectivity index is 2.18. The molecule has 1 fully saturated rings. The number of ether oxygens (including phenoxy) is 4. The number of aliphatic hydroxyl groups excluding tert-OH is 4. The van der Waals surface area contributed by atoms with Crippen LogP contribution in [-0.2, 0) is 23.7 Å². The standard InChI is InChI=1S/C51H98O9/c1-3-5-7-9-11-13-15-17-19-20-21-22-23-24-25-27-29-31-33-35-37-39-41-57-43-45(44-58-51-50(56)49(55)48(54)46(42-52)60-51)59-47(53)40-38-36-34-32-30-28-26-18-16-14-12-10-8-6-4-2/h20-21,45-46,48-52,54-56H,3-19,22-44H2,1-2H3/b21-20-. The molecule has 0 saturated carbocycles. The summed E-state index contributed by atoms with van der Waals surface area (Å²) in [6.07, 6.45) is 42.4. The fourth-order valence-electron chi connectivity index (χ4n) is 8.14. The third kappa shape index (κ3) is 33.5. The zero-order valence-electron chi connectivity index (χ0n) is 39.2. The Hall–Kier alpha value is -1.07. The van der Waals surface area contributed by atoms with Gasteiger partial charge in [-0.05, 0) is 38.5 Å². The van der Waals surface area contributed by atoms with Crippen LogP contribution in [0.1, 0.15) is 245 Å². The first kappa shape index (κ1) is 56.9. The first-order valence-electron chi connectivity index (χ1n) is 25.8. The number of hydrogen-bond acceptors (Lipinski definition) is 9. The predicted molar refractivity (Wildman–Crippen MR) is 247 cm³/mol. The quantitative estimate of drug-likeness (QED) is 0.0268. The molecule has 356 valence electrons. The maximum Gasteiger partial charge on any atom is 0.306 e. The van der Waals surface area contributed by atoms with Gasteiger partial charge in [0.15, 0.2) is 6.29 Å². The molecule has 0 aliphatic carbocycles. The van der Waals surface area contributed by atoms with Crippen LogP contribution < -0.4 is 0 Å². The van der Waals surface area contributed by atoms with E-state index < -0.39 is 43.4 Å². The predicted octanol–water partition coefficient (Wildman–Crippen LogP) is 12.4. The Kier molecular flexibility index (Phi) is 41.0. The highest BCUT2D eigenvalue weighted by atomic mass is 16.7. The molecule has 0 bridgehead atoms. The first-order valence-corrected chi connectivity index (χ1v) is 25.8. The second-order valence-electron chi connectivity index (χ2n) is 18.0. The van der Waals surface area contributed by atoms with Crippen LogP contribution >= 0.6 is 0 Å². The fraction of sp³-hybridized carbons (Fsp3) is 0.941. The lowest BCUT2D eigenvalue weighted by Crippen LogP contribution is -2.59. The summed E-state index contributed by atoms with van der Waals surface area (Å²) in [5, 5.41) is 40.2. The fourth-order valence-corrected chi connectivity index (χ4v) is 8.14. The van der Waals surface area contributed by atoms with Crippen LogP contribution in [0.5, 0.6) is 0 Å². The third-order valence-corrected chi connectivity index (χ3v) is 12.2. The monoisotopic (exact) mass is 855 g/mol. The molecule has 0 radical (unpaired) electrons. The molecule has 0 aromatic heterocycles. The van der Waals surface area contributed by atoms with Crippen LogP contribution in [0.25, 0.3) is 0 Å². The van der Waals surface area contributed by atoms with E-state index in [9.17, 15) is 25.2 Å². The van der Waals surface area contributed by atoms with E-state index in [4.69, 9.17) is 18.9 Å². The van der Waals surface area contributed by atoms with Crippen LogP contribution in [-0.4, -0.2) is 89.6 Å². The summed E-state index contributed by atoms with van der Waals surface area (Å²) in [5.74, 6) is -0.308. The van der Waals surface area contributed by atoms with E-state index in [1.165, 1.54) is 193 Å². The number of carbonyl (C=O) groups excluding carboxylic acids is 1. The second kappa shape index (κ2) is 43.2. The minimum absolute atomic E-state index is 0.108. The lowest BCUT2D eigenvalue weighted by molar-refractivity contribution is -0.305. The summed E-state index contributed by atoms with van der Waals surface area (Å²) < 4.78 is 22.9. The Bertz CT molecular complexity index is 930. The number of carbonyl (C=O) groups is 1. The molecule has 6 atom stereocenters. The zero-order valence-corrected chi connectivity index (χ0v) is 39.2. The van der Waals surface area contributed by atoms with Gasteiger partial charge in [-0.15, -0.1) is 0 Å². The van der Waals surface area contributed by atoms with E-state index in [0.717, 1.165) is 32.1 Å². The third-order valence-electron chi connectivity index (χ3n) is 12.2. The molecule has 0 amide bonds. The van der Waals surface area contributed by atoms with Crippen molar-refractivity contribution in [2.45, 2.75) is 282 Å². The van der Waals surface area contributed by atoms with E-state index >= 15 is 0 Å². The average Bonchev–Trinajstić information content (AvgIpc) is 3.25. The number of hydrogen-bond donors (Lipinski definition) is 4. The summed E-state index contributed by atoms with van der Waals surface area (Å²) in [6, 6.07) is 0. The molecule has 1 heterocycles. The summed E-state index contributed by atoms with van der Waals surface area (Å²) in [6.45, 7) is 4.60. The topological polar surface area (TPSA) is 135 Å². The largest absolute Gasteiger partial charge is 0.457 e. The van der Waals surface area contributed by atoms with Gasteiger partial charge in [0, 0.05) is 13.0 Å². The Morgan fingerprint density at radius 2 is 0.917 bits per heavy atom. The Labute approximate surface area is 369 Å². The highest BCUT2D eigenvalue weighted by Crippen LogP contribution is 2.23. The molecular formula is C51H98O9. The minimum Gasteiger partial charge on any atom is -0.457 e. The van der Waals surface area contributed by atoms with Gasteiger partial charge in [0.05, 0.1) is 19.8 Å². The van der Waals surface area contributed by atoms with Crippen LogP contribution in [0.4, 0.5) is 0 Å². The second-order valence-corrected chi connectivity index (χ2v) is 18.0. The molecule has 1 saturated heterocycles. The molecule has 6 unspecified atom stereocenters. The Morgan fingerprint density at radius 3 is 1.35 bits per heavy atom. The van der Waals surface area contributed by atoms with Crippen molar-refractivity contribution in [1.29, 1.82) is 0 Å². The molecule has 60 heavy (non-hydrogen) atoms. The highest BCUT2D eigenvalue weighted by Gasteiger charge is 2.44. The van der Waals surface area contributed by atoms with Gasteiger partial charge in [-0.25, -0.2) is 0 Å². The van der Waals surface area contributed by atoms with Crippen LogP contribution in [0, 0.1) is 0 Å². The van der Waals surface area contributed by atoms with Crippen molar-refractivity contribution in [2.75, 3.05) is 26.4 Å². The molecule has 1 aliphatic heterocycles. The number of rotatable bonds is 45. The number of esters is 1. The van der Waals surface area contributed by atoms with Gasteiger partial charge in [-0.2, -0.15) is 0 Å². The van der Waals surface area contributed by atoms with E-state index in [-0.39, 0.29) is 19.2 Å². The van der Waals surface area contributed by atoms with E-state index in [1.54, 1.807) is 0 Å². The van der Waals surface area contributed by atoms with E-state index in [2.05, 4.69) is 26.0 Å². The van der Waals surface area contributed by atoms with Crippen molar-refractivity contribution < 1.29 is 44.2 Å². The van der Waals surface area contributed by atoms with Gasteiger partial charge in [-0.3, -0.25) is 4.79 Å². The van der Waals surface area contributed by atoms with Gasteiger partial charge >= 0.3 is 5.97 Å². The van der Waals surface area contributed by atoms with Gasteiger partial charge in [0.2, 0.25) is 0 Å². The summed E-state index contributed by atoms with van der Waals surface area (Å²) in [4.78, 5) is 12.8. The number of unbranched alkanes of at least 4 members (excludes halogenated alkanes) is 32. The molecule has 0 aromatic rings. The zero-order chi connectivity index (χ0) is 43.6. The van der Waals surface area contributed by atoms with Gasteiger partial charge in [0.1, 0.15) is 30.5 Å². The molecule has 4 N–H and O–H groups in total.